The molecule has 0 N–H and O–H groups in total. The van der Waals surface area contributed by atoms with Gasteiger partial charge in [-0.2, -0.15) is 8.42 Å². The zero-order valence-corrected chi connectivity index (χ0v) is 20.1. The predicted molar refractivity (Wildman–Crippen MR) is 127 cm³/mol. The average molecular weight is 511 g/mol. The molecule has 6 rings (SSSR count). The first-order valence-corrected chi connectivity index (χ1v) is 12.8. The van der Waals surface area contributed by atoms with Crippen LogP contribution in [0.5, 0.6) is 23.0 Å². The number of hydrogen-bond donors (Lipinski definition) is 0. The molecule has 0 spiro atoms. The molecule has 10 nitrogen and oxygen atoms in total. The van der Waals surface area contributed by atoms with Crippen LogP contribution < -0.4 is 18.4 Å². The lowest BCUT2D eigenvalue weighted by molar-refractivity contribution is -0.384. The van der Waals surface area contributed by atoms with Gasteiger partial charge in [0, 0.05) is 36.8 Å². The SMILES string of the molecule is COc1ccc2c(c1OS(=O)(=O)c1ccc([N+](=O)[O-])cc1)CN1CCc3cc4c(cc3C1C2)OCO4. The van der Waals surface area contributed by atoms with Crippen molar-refractivity contribution in [3.63, 3.8) is 0 Å². The molecule has 0 saturated carbocycles. The Kier molecular flexibility index (Phi) is 5.27. The first-order valence-electron chi connectivity index (χ1n) is 11.4. The average Bonchev–Trinajstić information content (AvgIpc) is 3.34. The van der Waals surface area contributed by atoms with E-state index in [-0.39, 0.29) is 29.2 Å². The lowest BCUT2D eigenvalue weighted by Crippen LogP contribution is -2.39. The molecular formula is C25H22N2O8S. The van der Waals surface area contributed by atoms with Crippen LogP contribution in [0.4, 0.5) is 5.69 Å². The smallest absolute Gasteiger partial charge is 0.339 e. The van der Waals surface area contributed by atoms with Crippen LogP contribution in [0.1, 0.15) is 28.3 Å². The van der Waals surface area contributed by atoms with Gasteiger partial charge in [-0.25, -0.2) is 0 Å². The summed E-state index contributed by atoms with van der Waals surface area (Å²) in [5, 5.41) is 10.9. The van der Waals surface area contributed by atoms with Crippen LogP contribution >= 0.6 is 0 Å². The number of nitro benzene ring substituents is 1. The number of methoxy groups -OCH3 is 1. The Labute approximate surface area is 207 Å². The Bertz CT molecular complexity index is 1490. The molecule has 36 heavy (non-hydrogen) atoms. The van der Waals surface area contributed by atoms with Gasteiger partial charge in [0.25, 0.3) is 5.69 Å². The Balaban J connectivity index is 1.35. The zero-order valence-electron chi connectivity index (χ0n) is 19.3. The van der Waals surface area contributed by atoms with Crippen molar-refractivity contribution in [2.45, 2.75) is 30.3 Å². The molecule has 3 aliphatic heterocycles. The van der Waals surface area contributed by atoms with E-state index in [1.54, 1.807) is 6.07 Å². The molecule has 0 saturated heterocycles. The summed E-state index contributed by atoms with van der Waals surface area (Å²) in [4.78, 5) is 12.5. The Morgan fingerprint density at radius 2 is 1.81 bits per heavy atom. The topological polar surface area (TPSA) is 117 Å². The minimum atomic E-state index is -4.26. The minimum Gasteiger partial charge on any atom is -0.493 e. The van der Waals surface area contributed by atoms with Crippen molar-refractivity contribution in [2.24, 2.45) is 0 Å². The second kappa shape index (κ2) is 8.38. The van der Waals surface area contributed by atoms with Gasteiger partial charge in [-0.05, 0) is 59.9 Å². The molecule has 3 aliphatic rings. The lowest BCUT2D eigenvalue weighted by atomic mass is 9.83. The van der Waals surface area contributed by atoms with E-state index in [1.807, 2.05) is 6.07 Å². The van der Waals surface area contributed by atoms with Crippen molar-refractivity contribution in [2.75, 3.05) is 20.4 Å². The molecule has 1 atom stereocenters. The first-order chi connectivity index (χ1) is 17.3. The standard InChI is InChI=1S/C25H22N2O8S/c1-32-22-7-2-15-10-21-19-12-24-23(33-14-34-24)11-16(19)8-9-26(21)13-20(15)25(22)35-36(30,31)18-5-3-17(4-6-18)27(28)29/h2-7,11-12,21H,8-10,13-14H2,1H3. The highest BCUT2D eigenvalue weighted by Crippen LogP contribution is 2.47. The highest BCUT2D eigenvalue weighted by atomic mass is 32.2. The van der Waals surface area contributed by atoms with Crippen LogP contribution in [0.15, 0.2) is 53.4 Å². The van der Waals surface area contributed by atoms with E-state index in [0.29, 0.717) is 18.7 Å². The summed E-state index contributed by atoms with van der Waals surface area (Å²) in [7, 11) is -2.80. The molecule has 3 aromatic rings. The third-order valence-electron chi connectivity index (χ3n) is 6.95. The second-order valence-electron chi connectivity index (χ2n) is 8.87. The quantitative estimate of drug-likeness (QED) is 0.287. The maximum absolute atomic E-state index is 13.1. The zero-order chi connectivity index (χ0) is 25.0. The molecule has 3 heterocycles. The second-order valence-corrected chi connectivity index (χ2v) is 10.4. The fourth-order valence-electron chi connectivity index (χ4n) is 5.14. The molecular weight excluding hydrogens is 488 g/mol. The summed E-state index contributed by atoms with van der Waals surface area (Å²) in [5.74, 6) is 1.96. The molecule has 1 unspecified atom stereocenters. The summed E-state index contributed by atoms with van der Waals surface area (Å²) < 4.78 is 48.4. The van der Waals surface area contributed by atoms with E-state index in [4.69, 9.17) is 18.4 Å². The summed E-state index contributed by atoms with van der Waals surface area (Å²) in [6.45, 7) is 1.50. The van der Waals surface area contributed by atoms with Crippen LogP contribution in [-0.2, 0) is 29.5 Å². The van der Waals surface area contributed by atoms with Crippen molar-refractivity contribution in [1.29, 1.82) is 0 Å². The molecule has 3 aromatic carbocycles. The normalized spacial score (nSPS) is 18.1. The molecule has 0 aromatic heterocycles. The molecule has 11 heteroatoms. The van der Waals surface area contributed by atoms with Crippen LogP contribution in [0.25, 0.3) is 0 Å². The maximum Gasteiger partial charge on any atom is 0.339 e. The van der Waals surface area contributed by atoms with E-state index >= 15 is 0 Å². The van der Waals surface area contributed by atoms with Gasteiger partial charge in [-0.1, -0.05) is 6.07 Å². The number of ether oxygens (including phenoxy) is 3. The van der Waals surface area contributed by atoms with Gasteiger partial charge in [-0.15, -0.1) is 0 Å². The van der Waals surface area contributed by atoms with E-state index in [2.05, 4.69) is 17.0 Å². The number of benzene rings is 3. The van der Waals surface area contributed by atoms with Crippen molar-refractivity contribution in [3.05, 3.63) is 80.9 Å². The van der Waals surface area contributed by atoms with Crippen molar-refractivity contribution in [1.82, 2.24) is 4.90 Å². The molecule has 0 radical (unpaired) electrons. The largest absolute Gasteiger partial charge is 0.493 e. The predicted octanol–water partition coefficient (Wildman–Crippen LogP) is 3.76. The van der Waals surface area contributed by atoms with Crippen LogP contribution in [0, 0.1) is 10.1 Å². The minimum absolute atomic E-state index is 0.114. The van der Waals surface area contributed by atoms with E-state index in [1.165, 1.54) is 18.2 Å². The number of nitro groups is 1. The first kappa shape index (κ1) is 22.6. The fourth-order valence-corrected chi connectivity index (χ4v) is 6.11. The molecule has 186 valence electrons. The number of nitrogens with zero attached hydrogens (tertiary/aromatic N) is 2. The Morgan fingerprint density at radius 3 is 2.53 bits per heavy atom. The van der Waals surface area contributed by atoms with Gasteiger partial charge in [0.1, 0.15) is 4.90 Å². The number of fused-ring (bicyclic) bond motifs is 5. The third-order valence-corrected chi connectivity index (χ3v) is 8.18. The highest BCUT2D eigenvalue weighted by molar-refractivity contribution is 7.87. The van der Waals surface area contributed by atoms with Crippen molar-refractivity contribution < 1.29 is 31.7 Å². The summed E-state index contributed by atoms with van der Waals surface area (Å²) in [5.41, 5.74) is 3.93. The molecule has 0 bridgehead atoms. The van der Waals surface area contributed by atoms with E-state index < -0.39 is 15.0 Å². The van der Waals surface area contributed by atoms with Gasteiger partial charge < -0.3 is 18.4 Å². The van der Waals surface area contributed by atoms with E-state index in [0.717, 1.165) is 59.9 Å². The summed E-state index contributed by atoms with van der Waals surface area (Å²) in [6, 6.07) is 12.5. The van der Waals surface area contributed by atoms with Crippen LogP contribution in [-0.4, -0.2) is 38.7 Å². The molecule has 0 aliphatic carbocycles. The highest BCUT2D eigenvalue weighted by Gasteiger charge is 2.36. The Morgan fingerprint density at radius 1 is 1.06 bits per heavy atom. The lowest BCUT2D eigenvalue weighted by Gasteiger charge is -2.41. The summed E-state index contributed by atoms with van der Waals surface area (Å²) in [6.07, 6.45) is 1.50. The van der Waals surface area contributed by atoms with Gasteiger partial charge in [0.15, 0.2) is 23.0 Å². The fraction of sp³-hybridized carbons (Fsp3) is 0.280. The van der Waals surface area contributed by atoms with Gasteiger partial charge in [-0.3, -0.25) is 15.0 Å². The van der Waals surface area contributed by atoms with Crippen LogP contribution in [0.2, 0.25) is 0 Å². The van der Waals surface area contributed by atoms with Crippen molar-refractivity contribution >= 4 is 15.8 Å². The Hall–Kier alpha value is -3.83. The molecule has 0 amide bonds. The van der Waals surface area contributed by atoms with E-state index in [9.17, 15) is 18.5 Å². The van der Waals surface area contributed by atoms with Gasteiger partial charge >= 0.3 is 10.1 Å². The van der Waals surface area contributed by atoms with Gasteiger partial charge in [0.05, 0.1) is 12.0 Å². The van der Waals surface area contributed by atoms with Gasteiger partial charge in [0.2, 0.25) is 6.79 Å². The number of rotatable bonds is 5. The monoisotopic (exact) mass is 510 g/mol. The maximum atomic E-state index is 13.1. The number of non-ortho nitro benzene ring substituents is 1. The van der Waals surface area contributed by atoms with Crippen LogP contribution in [0.3, 0.4) is 0 Å². The summed E-state index contributed by atoms with van der Waals surface area (Å²) >= 11 is 0. The van der Waals surface area contributed by atoms with Crippen molar-refractivity contribution in [3.8, 4) is 23.0 Å². The number of hydrogen-bond acceptors (Lipinski definition) is 9. The third kappa shape index (κ3) is 3.71. The molecule has 0 fully saturated rings.